The zero-order valence-corrected chi connectivity index (χ0v) is 20.8. The molecule has 0 saturated carbocycles. The number of nitrogens with zero attached hydrogens (tertiary/aromatic N) is 3. The molecule has 4 rings (SSSR count). The van der Waals surface area contributed by atoms with Gasteiger partial charge in [0.1, 0.15) is 0 Å². The van der Waals surface area contributed by atoms with Gasteiger partial charge >= 0.3 is 17.7 Å². The molecule has 1 aliphatic heterocycles. The number of carbonyl (C=O) groups excluding carboxylic acids is 2. The Morgan fingerprint density at radius 2 is 1.95 bits per heavy atom. The molecule has 0 unspecified atom stereocenters. The number of nitro benzene ring substituents is 1. The average Bonchev–Trinajstić information content (AvgIpc) is 3.29. The summed E-state index contributed by atoms with van der Waals surface area (Å²) in [7, 11) is 0. The molecular formula is C26H27N5O6. The van der Waals surface area contributed by atoms with E-state index in [9.17, 15) is 19.7 Å². The molecule has 1 atom stereocenters. The third kappa shape index (κ3) is 5.30. The van der Waals surface area contributed by atoms with E-state index in [0.29, 0.717) is 22.5 Å². The molecule has 2 N–H and O–H groups in total. The van der Waals surface area contributed by atoms with Crippen molar-refractivity contribution in [3.8, 4) is 22.7 Å². The van der Waals surface area contributed by atoms with Crippen LogP contribution >= 0.6 is 0 Å². The Kier molecular flexibility index (Phi) is 7.23. The number of nitrogens with one attached hydrogen (secondary N) is 2. The first-order valence-corrected chi connectivity index (χ1v) is 11.8. The SMILES string of the molecule is CCOc1ccc(-c2nn(-c3ccccc3)cc2[C@H]2NC(=O)NC(C)=C2C(=O)OC(C)C)cc1[N+](=O)[O-]. The van der Waals surface area contributed by atoms with Crippen molar-refractivity contribution < 1.29 is 24.0 Å². The lowest BCUT2D eigenvalue weighted by Crippen LogP contribution is -2.45. The number of hydrogen-bond acceptors (Lipinski definition) is 7. The molecule has 2 amide bonds. The number of hydrogen-bond donors (Lipinski definition) is 2. The van der Waals surface area contributed by atoms with E-state index in [1.165, 1.54) is 12.1 Å². The molecule has 1 aliphatic rings. The van der Waals surface area contributed by atoms with Crippen LogP contribution in [0.5, 0.6) is 5.75 Å². The largest absolute Gasteiger partial charge is 0.487 e. The van der Waals surface area contributed by atoms with E-state index in [4.69, 9.17) is 14.6 Å². The van der Waals surface area contributed by atoms with Crippen molar-refractivity contribution in [3.63, 3.8) is 0 Å². The highest BCUT2D eigenvalue weighted by Crippen LogP contribution is 2.38. The number of esters is 1. The normalized spacial score (nSPS) is 15.3. The van der Waals surface area contributed by atoms with Gasteiger partial charge in [-0.1, -0.05) is 18.2 Å². The lowest BCUT2D eigenvalue weighted by Gasteiger charge is -2.28. The molecule has 11 heteroatoms. The van der Waals surface area contributed by atoms with Crippen LogP contribution in [0.4, 0.5) is 10.5 Å². The van der Waals surface area contributed by atoms with E-state index in [-0.39, 0.29) is 29.7 Å². The van der Waals surface area contributed by atoms with Crippen molar-refractivity contribution in [1.29, 1.82) is 0 Å². The summed E-state index contributed by atoms with van der Waals surface area (Å²) in [6, 6.07) is 12.4. The van der Waals surface area contributed by atoms with Crippen LogP contribution in [-0.2, 0) is 9.53 Å². The number of carbonyl (C=O) groups is 2. The van der Waals surface area contributed by atoms with Crippen molar-refractivity contribution >= 4 is 17.7 Å². The molecule has 0 fully saturated rings. The maximum absolute atomic E-state index is 13.1. The number of urea groups is 1. The summed E-state index contributed by atoms with van der Waals surface area (Å²) in [5.41, 5.74) is 2.29. The molecule has 2 heterocycles. The number of aromatic nitrogens is 2. The van der Waals surface area contributed by atoms with Gasteiger partial charge in [0, 0.05) is 29.1 Å². The van der Waals surface area contributed by atoms with E-state index >= 15 is 0 Å². The number of amides is 2. The Labute approximate surface area is 213 Å². The zero-order valence-electron chi connectivity index (χ0n) is 20.8. The Hall–Kier alpha value is -4.67. The zero-order chi connectivity index (χ0) is 26.7. The minimum absolute atomic E-state index is 0.132. The smallest absolute Gasteiger partial charge is 0.338 e. The van der Waals surface area contributed by atoms with Gasteiger partial charge in [-0.2, -0.15) is 5.10 Å². The number of ether oxygens (including phenoxy) is 2. The summed E-state index contributed by atoms with van der Waals surface area (Å²) in [4.78, 5) is 36.8. The van der Waals surface area contributed by atoms with Crippen LogP contribution in [0.3, 0.4) is 0 Å². The third-order valence-corrected chi connectivity index (χ3v) is 5.63. The predicted octanol–water partition coefficient (Wildman–Crippen LogP) is 4.43. The molecular weight excluding hydrogens is 478 g/mol. The standard InChI is InChI=1S/C26H27N5O6/c1-5-36-21-12-11-17(13-20(21)31(34)35)23-19(14-30(29-23)18-9-7-6-8-10-18)24-22(25(32)37-15(2)3)16(4)27-26(33)28-24/h6-15,24H,5H2,1-4H3,(H2,27,28,33)/t24-/m1/s1. The second-order valence-electron chi connectivity index (χ2n) is 8.61. The molecule has 0 radical (unpaired) electrons. The minimum Gasteiger partial charge on any atom is -0.487 e. The Morgan fingerprint density at radius 1 is 1.22 bits per heavy atom. The van der Waals surface area contributed by atoms with Gasteiger partial charge in [-0.25, -0.2) is 14.3 Å². The summed E-state index contributed by atoms with van der Waals surface area (Å²) in [5.74, 6) is -0.464. The Morgan fingerprint density at radius 3 is 2.59 bits per heavy atom. The molecule has 192 valence electrons. The number of para-hydroxylation sites is 1. The monoisotopic (exact) mass is 505 g/mol. The molecule has 2 aromatic carbocycles. The van der Waals surface area contributed by atoms with E-state index in [1.54, 1.807) is 44.6 Å². The summed E-state index contributed by atoms with van der Waals surface area (Å²) in [6.45, 7) is 7.08. The van der Waals surface area contributed by atoms with Gasteiger partial charge in [0.05, 0.1) is 40.6 Å². The predicted molar refractivity (Wildman–Crippen MR) is 135 cm³/mol. The second kappa shape index (κ2) is 10.5. The fraction of sp³-hybridized carbons (Fsp3) is 0.269. The number of nitro groups is 1. The lowest BCUT2D eigenvalue weighted by molar-refractivity contribution is -0.385. The van der Waals surface area contributed by atoms with Gasteiger partial charge in [-0.3, -0.25) is 10.1 Å². The van der Waals surface area contributed by atoms with Crippen LogP contribution in [-0.4, -0.2) is 39.4 Å². The highest BCUT2D eigenvalue weighted by Gasteiger charge is 2.36. The topological polar surface area (TPSA) is 138 Å². The van der Waals surface area contributed by atoms with E-state index in [1.807, 2.05) is 30.3 Å². The van der Waals surface area contributed by atoms with Crippen molar-refractivity contribution in [2.45, 2.75) is 39.8 Å². The molecule has 0 bridgehead atoms. The quantitative estimate of drug-likeness (QED) is 0.262. The molecule has 11 nitrogen and oxygen atoms in total. The summed E-state index contributed by atoms with van der Waals surface area (Å²) < 4.78 is 12.5. The maximum Gasteiger partial charge on any atom is 0.338 e. The number of allylic oxidation sites excluding steroid dienone is 1. The van der Waals surface area contributed by atoms with Gasteiger partial charge in [0.25, 0.3) is 0 Å². The van der Waals surface area contributed by atoms with Crippen molar-refractivity contribution in [1.82, 2.24) is 20.4 Å². The van der Waals surface area contributed by atoms with Crippen LogP contribution in [0, 0.1) is 10.1 Å². The van der Waals surface area contributed by atoms with Crippen molar-refractivity contribution in [3.05, 3.63) is 81.7 Å². The number of rotatable bonds is 8. The molecule has 37 heavy (non-hydrogen) atoms. The molecule has 0 spiro atoms. The third-order valence-electron chi connectivity index (χ3n) is 5.63. The van der Waals surface area contributed by atoms with E-state index < -0.39 is 23.0 Å². The van der Waals surface area contributed by atoms with Gasteiger partial charge in [-0.05, 0) is 52.0 Å². The second-order valence-corrected chi connectivity index (χ2v) is 8.61. The van der Waals surface area contributed by atoms with Crippen LogP contribution in [0.1, 0.15) is 39.3 Å². The van der Waals surface area contributed by atoms with Crippen molar-refractivity contribution in [2.75, 3.05) is 6.61 Å². The Balaban J connectivity index is 1.93. The molecule has 3 aromatic rings. The van der Waals surface area contributed by atoms with Gasteiger partial charge in [-0.15, -0.1) is 0 Å². The summed E-state index contributed by atoms with van der Waals surface area (Å²) in [6.07, 6.45) is 1.31. The first-order valence-electron chi connectivity index (χ1n) is 11.8. The highest BCUT2D eigenvalue weighted by atomic mass is 16.6. The van der Waals surface area contributed by atoms with Crippen LogP contribution in [0.2, 0.25) is 0 Å². The lowest BCUT2D eigenvalue weighted by atomic mass is 9.93. The maximum atomic E-state index is 13.1. The first-order chi connectivity index (χ1) is 17.7. The van der Waals surface area contributed by atoms with Gasteiger partial charge < -0.3 is 20.1 Å². The van der Waals surface area contributed by atoms with Gasteiger partial charge in [0.2, 0.25) is 0 Å². The Bertz CT molecular complexity index is 1380. The van der Waals surface area contributed by atoms with Crippen molar-refractivity contribution in [2.24, 2.45) is 0 Å². The van der Waals surface area contributed by atoms with Gasteiger partial charge in [0.15, 0.2) is 5.75 Å². The minimum atomic E-state index is -0.918. The van der Waals surface area contributed by atoms with E-state index in [0.717, 1.165) is 5.69 Å². The average molecular weight is 506 g/mol. The molecule has 0 saturated heterocycles. The summed E-state index contributed by atoms with van der Waals surface area (Å²) >= 11 is 0. The highest BCUT2D eigenvalue weighted by molar-refractivity contribution is 5.95. The molecule has 1 aromatic heterocycles. The van der Waals surface area contributed by atoms with Crippen LogP contribution in [0.25, 0.3) is 16.9 Å². The summed E-state index contributed by atoms with van der Waals surface area (Å²) in [5, 5.41) is 21.9. The van der Waals surface area contributed by atoms with Crippen LogP contribution < -0.4 is 15.4 Å². The van der Waals surface area contributed by atoms with E-state index in [2.05, 4.69) is 10.6 Å². The van der Waals surface area contributed by atoms with Crippen LogP contribution in [0.15, 0.2) is 66.0 Å². The molecule has 0 aliphatic carbocycles. The fourth-order valence-corrected chi connectivity index (χ4v) is 4.10. The first kappa shape index (κ1) is 25.4. The number of benzene rings is 2. The fourth-order valence-electron chi connectivity index (χ4n) is 4.10.